The maximum absolute atomic E-state index is 5.28. The largest absolute Gasteiger partial charge is 0.383 e. The average molecular weight is 355 g/mol. The summed E-state index contributed by atoms with van der Waals surface area (Å²) >= 11 is 3.50. The molecule has 1 saturated heterocycles. The van der Waals surface area contributed by atoms with E-state index in [1.54, 1.807) is 7.11 Å². The smallest absolute Gasteiger partial charge is 0.0589 e. The normalized spacial score (nSPS) is 20.1. The van der Waals surface area contributed by atoms with Crippen LogP contribution in [0.1, 0.15) is 25.3 Å². The van der Waals surface area contributed by atoms with Crippen LogP contribution in [0.25, 0.3) is 0 Å². The van der Waals surface area contributed by atoms with E-state index in [2.05, 4.69) is 57.3 Å². The molecule has 1 N–H and O–H groups in total. The first-order valence-corrected chi connectivity index (χ1v) is 8.69. The number of methoxy groups -OCH3 is 1. The van der Waals surface area contributed by atoms with E-state index in [0.717, 1.165) is 30.6 Å². The number of nitrogens with one attached hydrogen (secondary N) is 1. The first kappa shape index (κ1) is 16.9. The van der Waals surface area contributed by atoms with Crippen molar-refractivity contribution in [1.82, 2.24) is 10.2 Å². The van der Waals surface area contributed by atoms with Crippen LogP contribution < -0.4 is 5.32 Å². The number of benzene rings is 1. The summed E-state index contributed by atoms with van der Waals surface area (Å²) < 4.78 is 6.43. The van der Waals surface area contributed by atoms with E-state index in [9.17, 15) is 0 Å². The summed E-state index contributed by atoms with van der Waals surface area (Å²) in [5.74, 6) is 0. The van der Waals surface area contributed by atoms with Crippen molar-refractivity contribution in [1.29, 1.82) is 0 Å². The van der Waals surface area contributed by atoms with Crippen molar-refractivity contribution in [2.75, 3.05) is 33.4 Å². The number of ether oxygens (including phenoxy) is 1. The second-order valence-electron chi connectivity index (χ2n) is 5.96. The van der Waals surface area contributed by atoms with Gasteiger partial charge in [-0.2, -0.15) is 0 Å². The molecular weight excluding hydrogens is 328 g/mol. The minimum absolute atomic E-state index is 0.531. The van der Waals surface area contributed by atoms with Gasteiger partial charge in [-0.3, -0.25) is 4.90 Å². The Labute approximate surface area is 137 Å². The second-order valence-corrected chi connectivity index (χ2v) is 6.88. The van der Waals surface area contributed by atoms with Crippen LogP contribution in [0.2, 0.25) is 0 Å². The van der Waals surface area contributed by atoms with Gasteiger partial charge in [0, 0.05) is 36.8 Å². The molecule has 0 saturated carbocycles. The van der Waals surface area contributed by atoms with Gasteiger partial charge in [-0.15, -0.1) is 0 Å². The molecule has 0 aromatic heterocycles. The molecule has 1 aliphatic rings. The molecule has 1 aromatic rings. The first-order chi connectivity index (χ1) is 10.2. The minimum Gasteiger partial charge on any atom is -0.383 e. The van der Waals surface area contributed by atoms with Gasteiger partial charge >= 0.3 is 0 Å². The Bertz CT molecular complexity index is 404. The number of hydrogen-bond donors (Lipinski definition) is 1. The predicted octanol–water partition coefficient (Wildman–Crippen LogP) is 3.08. The molecule has 1 aliphatic heterocycles. The van der Waals surface area contributed by atoms with Crippen LogP contribution in [0.4, 0.5) is 0 Å². The van der Waals surface area contributed by atoms with E-state index >= 15 is 0 Å². The molecule has 2 atom stereocenters. The van der Waals surface area contributed by atoms with Gasteiger partial charge in [0.25, 0.3) is 0 Å². The summed E-state index contributed by atoms with van der Waals surface area (Å²) in [4.78, 5) is 2.56. The van der Waals surface area contributed by atoms with Crippen molar-refractivity contribution in [2.24, 2.45) is 0 Å². The third-order valence-electron chi connectivity index (χ3n) is 4.27. The van der Waals surface area contributed by atoms with E-state index < -0.39 is 0 Å². The SMILES string of the molecule is COCCN(CC1CCCN1)C(C)Cc1ccc(Br)cc1. The molecule has 118 valence electrons. The first-order valence-electron chi connectivity index (χ1n) is 7.90. The van der Waals surface area contributed by atoms with Crippen LogP contribution in [0.3, 0.4) is 0 Å². The zero-order valence-corrected chi connectivity index (χ0v) is 14.7. The van der Waals surface area contributed by atoms with Crippen molar-refractivity contribution >= 4 is 15.9 Å². The van der Waals surface area contributed by atoms with Gasteiger partial charge in [0.05, 0.1) is 6.61 Å². The minimum atomic E-state index is 0.531. The Hall–Kier alpha value is -0.420. The summed E-state index contributed by atoms with van der Waals surface area (Å²) in [5.41, 5.74) is 1.40. The lowest BCUT2D eigenvalue weighted by molar-refractivity contribution is 0.117. The molecule has 1 heterocycles. The highest BCUT2D eigenvalue weighted by Gasteiger charge is 2.21. The molecule has 1 fully saturated rings. The molecule has 0 bridgehead atoms. The van der Waals surface area contributed by atoms with Crippen LogP contribution in [-0.2, 0) is 11.2 Å². The van der Waals surface area contributed by atoms with Gasteiger partial charge in [-0.05, 0) is 50.4 Å². The Morgan fingerprint density at radius 3 is 2.76 bits per heavy atom. The Morgan fingerprint density at radius 2 is 2.14 bits per heavy atom. The lowest BCUT2D eigenvalue weighted by Gasteiger charge is -2.31. The van der Waals surface area contributed by atoms with Crippen LogP contribution >= 0.6 is 15.9 Å². The molecular formula is C17H27BrN2O. The second kappa shape index (κ2) is 8.89. The number of hydrogen-bond acceptors (Lipinski definition) is 3. The summed E-state index contributed by atoms with van der Waals surface area (Å²) in [6.45, 7) is 6.43. The monoisotopic (exact) mass is 354 g/mol. The molecule has 1 aromatic carbocycles. The summed E-state index contributed by atoms with van der Waals surface area (Å²) in [6, 6.07) is 9.85. The molecule has 0 amide bonds. The summed E-state index contributed by atoms with van der Waals surface area (Å²) in [5, 5.41) is 3.60. The summed E-state index contributed by atoms with van der Waals surface area (Å²) in [7, 11) is 1.78. The van der Waals surface area contributed by atoms with E-state index in [-0.39, 0.29) is 0 Å². The van der Waals surface area contributed by atoms with Gasteiger partial charge < -0.3 is 10.1 Å². The van der Waals surface area contributed by atoms with Gasteiger partial charge in [-0.25, -0.2) is 0 Å². The topological polar surface area (TPSA) is 24.5 Å². The lowest BCUT2D eigenvalue weighted by atomic mass is 10.0. The molecule has 3 nitrogen and oxygen atoms in total. The van der Waals surface area contributed by atoms with Gasteiger partial charge in [0.15, 0.2) is 0 Å². The van der Waals surface area contributed by atoms with E-state index in [4.69, 9.17) is 4.74 Å². The fraction of sp³-hybridized carbons (Fsp3) is 0.647. The van der Waals surface area contributed by atoms with Crippen molar-refractivity contribution in [3.05, 3.63) is 34.3 Å². The highest BCUT2D eigenvalue weighted by Crippen LogP contribution is 2.15. The van der Waals surface area contributed by atoms with E-state index in [1.807, 2.05) is 0 Å². The van der Waals surface area contributed by atoms with Crippen molar-refractivity contribution in [3.8, 4) is 0 Å². The lowest BCUT2D eigenvalue weighted by Crippen LogP contribution is -2.44. The van der Waals surface area contributed by atoms with Gasteiger partial charge in [0.1, 0.15) is 0 Å². The molecule has 0 aliphatic carbocycles. The molecule has 0 spiro atoms. The van der Waals surface area contributed by atoms with E-state index in [0.29, 0.717) is 12.1 Å². The quantitative estimate of drug-likeness (QED) is 0.776. The zero-order valence-electron chi connectivity index (χ0n) is 13.1. The van der Waals surface area contributed by atoms with Crippen molar-refractivity contribution in [2.45, 2.75) is 38.3 Å². The van der Waals surface area contributed by atoms with Crippen molar-refractivity contribution < 1.29 is 4.74 Å². The van der Waals surface area contributed by atoms with Crippen LogP contribution in [0, 0.1) is 0 Å². The number of halogens is 1. The Balaban J connectivity index is 1.91. The third kappa shape index (κ3) is 5.70. The van der Waals surface area contributed by atoms with Gasteiger partial charge in [-0.1, -0.05) is 28.1 Å². The molecule has 2 unspecified atom stereocenters. The zero-order chi connectivity index (χ0) is 15.1. The maximum Gasteiger partial charge on any atom is 0.0589 e. The standard InChI is InChI=1S/C17H27BrN2O/c1-14(12-15-5-7-16(18)8-6-15)20(10-11-21-2)13-17-4-3-9-19-17/h5-8,14,17,19H,3-4,9-13H2,1-2H3. The highest BCUT2D eigenvalue weighted by atomic mass is 79.9. The molecule has 21 heavy (non-hydrogen) atoms. The molecule has 2 rings (SSSR count). The fourth-order valence-electron chi connectivity index (χ4n) is 2.99. The van der Waals surface area contributed by atoms with Crippen molar-refractivity contribution in [3.63, 3.8) is 0 Å². The summed E-state index contributed by atoms with van der Waals surface area (Å²) in [6.07, 6.45) is 3.70. The third-order valence-corrected chi connectivity index (χ3v) is 4.80. The number of nitrogens with zero attached hydrogens (tertiary/aromatic N) is 1. The van der Waals surface area contributed by atoms with E-state index in [1.165, 1.54) is 24.9 Å². The van der Waals surface area contributed by atoms with Crippen LogP contribution in [-0.4, -0.2) is 50.3 Å². The molecule has 0 radical (unpaired) electrons. The number of rotatable bonds is 8. The maximum atomic E-state index is 5.28. The fourth-order valence-corrected chi connectivity index (χ4v) is 3.25. The van der Waals surface area contributed by atoms with Crippen LogP contribution in [0.15, 0.2) is 28.7 Å². The Morgan fingerprint density at radius 1 is 1.38 bits per heavy atom. The Kier molecular flexibility index (Phi) is 7.17. The average Bonchev–Trinajstić information content (AvgIpc) is 2.98. The predicted molar refractivity (Wildman–Crippen MR) is 91.8 cm³/mol. The van der Waals surface area contributed by atoms with Gasteiger partial charge in [0.2, 0.25) is 0 Å². The molecule has 4 heteroatoms. The highest BCUT2D eigenvalue weighted by molar-refractivity contribution is 9.10. The van der Waals surface area contributed by atoms with Crippen LogP contribution in [0.5, 0.6) is 0 Å².